The van der Waals surface area contributed by atoms with Crippen LogP contribution in [0, 0.1) is 6.92 Å². The van der Waals surface area contributed by atoms with E-state index in [9.17, 15) is 19.2 Å². The Kier molecular flexibility index (Phi) is 8.56. The van der Waals surface area contributed by atoms with Gasteiger partial charge in [-0.2, -0.15) is 0 Å². The fourth-order valence-electron chi connectivity index (χ4n) is 2.96. The van der Waals surface area contributed by atoms with Crippen molar-refractivity contribution in [2.75, 3.05) is 28.6 Å². The molecule has 2 aromatic carbocycles. The van der Waals surface area contributed by atoms with Crippen molar-refractivity contribution in [2.24, 2.45) is 0 Å². The van der Waals surface area contributed by atoms with Crippen molar-refractivity contribution in [3.05, 3.63) is 54.1 Å². The summed E-state index contributed by atoms with van der Waals surface area (Å²) in [6, 6.07) is 13.2. The first-order valence-electron chi connectivity index (χ1n) is 10.4. The third kappa shape index (κ3) is 8.64. The highest BCUT2D eigenvalue weighted by Gasteiger charge is 2.25. The lowest BCUT2D eigenvalue weighted by molar-refractivity contribution is -0.153. The third-order valence-electron chi connectivity index (χ3n) is 4.19. The van der Waals surface area contributed by atoms with E-state index in [1.807, 2.05) is 13.0 Å². The van der Waals surface area contributed by atoms with Crippen molar-refractivity contribution in [3.63, 3.8) is 0 Å². The first kappa shape index (κ1) is 25.4. The summed E-state index contributed by atoms with van der Waals surface area (Å²) in [5, 5.41) is 7.81. The van der Waals surface area contributed by atoms with E-state index in [1.54, 1.807) is 63.2 Å². The van der Waals surface area contributed by atoms with Crippen LogP contribution in [0.2, 0.25) is 0 Å². The van der Waals surface area contributed by atoms with Crippen molar-refractivity contribution in [1.29, 1.82) is 0 Å². The molecule has 0 aliphatic rings. The lowest BCUT2D eigenvalue weighted by Crippen LogP contribution is -2.45. The number of aryl methyl sites for hydroxylation is 1. The normalized spacial score (nSPS) is 10.7. The van der Waals surface area contributed by atoms with Crippen LogP contribution in [0.4, 0.5) is 21.9 Å². The number of hydrogen-bond acceptors (Lipinski definition) is 5. The molecule has 0 fully saturated rings. The van der Waals surface area contributed by atoms with E-state index in [0.717, 1.165) is 5.56 Å². The number of para-hydroxylation sites is 2. The van der Waals surface area contributed by atoms with Gasteiger partial charge in [-0.3, -0.25) is 19.3 Å². The van der Waals surface area contributed by atoms with E-state index >= 15 is 0 Å². The highest BCUT2D eigenvalue weighted by molar-refractivity contribution is 6.05. The summed E-state index contributed by atoms with van der Waals surface area (Å²) >= 11 is 0. The van der Waals surface area contributed by atoms with Gasteiger partial charge < -0.3 is 20.7 Å². The van der Waals surface area contributed by atoms with Crippen LogP contribution in [-0.2, 0) is 19.1 Å². The topological polar surface area (TPSA) is 117 Å². The molecule has 0 heterocycles. The van der Waals surface area contributed by atoms with E-state index in [2.05, 4.69) is 16.0 Å². The van der Waals surface area contributed by atoms with Gasteiger partial charge in [-0.15, -0.1) is 0 Å². The molecule has 0 radical (unpaired) electrons. The molecule has 4 amide bonds. The maximum absolute atomic E-state index is 13.1. The van der Waals surface area contributed by atoms with Gasteiger partial charge in [0.2, 0.25) is 11.8 Å². The summed E-state index contributed by atoms with van der Waals surface area (Å²) in [7, 11) is 0. The second-order valence-electron chi connectivity index (χ2n) is 8.44. The molecule has 2 rings (SSSR count). The molecule has 176 valence electrons. The minimum atomic E-state index is -0.741. The number of hydrogen-bond donors (Lipinski definition) is 3. The Morgan fingerprint density at radius 2 is 1.67 bits per heavy atom. The van der Waals surface area contributed by atoms with E-state index in [0.29, 0.717) is 17.1 Å². The second-order valence-corrected chi connectivity index (χ2v) is 8.44. The number of urea groups is 1. The van der Waals surface area contributed by atoms with Gasteiger partial charge in [-0.25, -0.2) is 4.79 Å². The van der Waals surface area contributed by atoms with Crippen molar-refractivity contribution < 1.29 is 23.9 Å². The van der Waals surface area contributed by atoms with Gasteiger partial charge in [0, 0.05) is 12.6 Å². The van der Waals surface area contributed by atoms with Gasteiger partial charge in [0.15, 0.2) is 0 Å². The molecular formula is C24H30N4O5. The van der Waals surface area contributed by atoms with E-state index in [1.165, 1.54) is 11.8 Å². The van der Waals surface area contributed by atoms with Crippen molar-refractivity contribution >= 4 is 40.9 Å². The Bertz CT molecular complexity index is 1030. The van der Waals surface area contributed by atoms with E-state index < -0.39 is 30.1 Å². The zero-order valence-electron chi connectivity index (χ0n) is 19.5. The highest BCUT2D eigenvalue weighted by Crippen LogP contribution is 2.26. The van der Waals surface area contributed by atoms with Gasteiger partial charge in [0.25, 0.3) is 0 Å². The zero-order chi connectivity index (χ0) is 24.6. The van der Waals surface area contributed by atoms with Crippen LogP contribution in [0.3, 0.4) is 0 Å². The number of anilines is 3. The maximum atomic E-state index is 13.1. The fourth-order valence-corrected chi connectivity index (χ4v) is 2.96. The Hall–Kier alpha value is -3.88. The average Bonchev–Trinajstić information content (AvgIpc) is 2.69. The summed E-state index contributed by atoms with van der Waals surface area (Å²) in [6.45, 7) is 7.63. The van der Waals surface area contributed by atoms with E-state index in [-0.39, 0.29) is 12.5 Å². The zero-order valence-corrected chi connectivity index (χ0v) is 19.5. The summed E-state index contributed by atoms with van der Waals surface area (Å²) in [4.78, 5) is 50.6. The van der Waals surface area contributed by atoms with Gasteiger partial charge in [-0.1, -0.05) is 24.3 Å². The molecule has 3 N–H and O–H groups in total. The van der Waals surface area contributed by atoms with Crippen LogP contribution in [-0.4, -0.2) is 42.5 Å². The van der Waals surface area contributed by atoms with Gasteiger partial charge >= 0.3 is 12.0 Å². The number of nitrogens with zero attached hydrogens (tertiary/aromatic N) is 1. The number of esters is 1. The Balaban J connectivity index is 2.18. The predicted molar refractivity (Wildman–Crippen MR) is 127 cm³/mol. The molecule has 9 nitrogen and oxygen atoms in total. The standard InChI is InChI=1S/C24H30N4O5/c1-16-9-8-10-18(13-16)27-23(32)25-14-21(30)28(15-22(31)33-24(3,4)5)20-12-7-6-11-19(20)26-17(2)29/h6-13H,14-15H2,1-5H3,(H,26,29)(H2,25,27,32). The molecule has 0 spiro atoms. The fraction of sp³-hybridized carbons (Fsp3) is 0.333. The highest BCUT2D eigenvalue weighted by atomic mass is 16.6. The molecule has 0 saturated heterocycles. The molecule has 33 heavy (non-hydrogen) atoms. The minimum absolute atomic E-state index is 0.310. The predicted octanol–water partition coefficient (Wildman–Crippen LogP) is 3.45. The monoisotopic (exact) mass is 454 g/mol. The van der Waals surface area contributed by atoms with Gasteiger partial charge in [0.05, 0.1) is 17.9 Å². The van der Waals surface area contributed by atoms with Crippen molar-refractivity contribution in [3.8, 4) is 0 Å². The van der Waals surface area contributed by atoms with Gasteiger partial charge in [-0.05, 0) is 57.5 Å². The first-order valence-corrected chi connectivity index (χ1v) is 10.4. The Labute approximate surface area is 193 Å². The number of rotatable bonds is 7. The first-order chi connectivity index (χ1) is 15.4. The number of amides is 4. The lowest BCUT2D eigenvalue weighted by atomic mass is 10.2. The summed E-state index contributed by atoms with van der Waals surface area (Å²) in [5.74, 6) is -1.52. The lowest BCUT2D eigenvalue weighted by Gasteiger charge is -2.27. The van der Waals surface area contributed by atoms with Crippen molar-refractivity contribution in [1.82, 2.24) is 5.32 Å². The Morgan fingerprint density at radius 3 is 2.30 bits per heavy atom. The molecular weight excluding hydrogens is 424 g/mol. The number of nitrogens with one attached hydrogen (secondary N) is 3. The van der Waals surface area contributed by atoms with Crippen LogP contribution in [0.5, 0.6) is 0 Å². The molecule has 0 aliphatic heterocycles. The molecule has 0 aliphatic carbocycles. The minimum Gasteiger partial charge on any atom is -0.459 e. The molecule has 2 aromatic rings. The van der Waals surface area contributed by atoms with Crippen LogP contribution in [0.15, 0.2) is 48.5 Å². The van der Waals surface area contributed by atoms with E-state index in [4.69, 9.17) is 4.74 Å². The number of benzene rings is 2. The average molecular weight is 455 g/mol. The third-order valence-corrected chi connectivity index (χ3v) is 4.19. The van der Waals surface area contributed by atoms with Crippen LogP contribution in [0.1, 0.15) is 33.3 Å². The second kappa shape index (κ2) is 11.1. The summed E-state index contributed by atoms with van der Waals surface area (Å²) in [6.07, 6.45) is 0. The summed E-state index contributed by atoms with van der Waals surface area (Å²) in [5.41, 5.74) is 1.48. The number of carbonyl (C=O) groups is 4. The van der Waals surface area contributed by atoms with Gasteiger partial charge in [0.1, 0.15) is 12.1 Å². The molecule has 0 saturated carbocycles. The summed E-state index contributed by atoms with van der Waals surface area (Å²) < 4.78 is 5.36. The maximum Gasteiger partial charge on any atom is 0.326 e. The van der Waals surface area contributed by atoms with Crippen molar-refractivity contribution in [2.45, 2.75) is 40.2 Å². The molecule has 0 aromatic heterocycles. The smallest absolute Gasteiger partial charge is 0.326 e. The molecule has 0 bridgehead atoms. The quantitative estimate of drug-likeness (QED) is 0.554. The Morgan fingerprint density at radius 1 is 0.970 bits per heavy atom. The van der Waals surface area contributed by atoms with Crippen LogP contribution in [0.25, 0.3) is 0 Å². The van der Waals surface area contributed by atoms with Crippen LogP contribution >= 0.6 is 0 Å². The number of carbonyl (C=O) groups excluding carboxylic acids is 4. The molecule has 9 heteroatoms. The number of ether oxygens (including phenoxy) is 1. The molecule has 0 unspecified atom stereocenters. The molecule has 0 atom stereocenters. The largest absolute Gasteiger partial charge is 0.459 e. The van der Waals surface area contributed by atoms with Crippen LogP contribution < -0.4 is 20.9 Å². The SMILES string of the molecule is CC(=O)Nc1ccccc1N(CC(=O)OC(C)(C)C)C(=O)CNC(=O)Nc1cccc(C)c1.